The van der Waals surface area contributed by atoms with Crippen molar-refractivity contribution in [2.45, 2.75) is 12.8 Å². The molecule has 1 rings (SSSR count). The highest BCUT2D eigenvalue weighted by Gasteiger charge is 2.05. The summed E-state index contributed by atoms with van der Waals surface area (Å²) in [4.78, 5) is 11.6. The van der Waals surface area contributed by atoms with E-state index in [4.69, 9.17) is 14.2 Å². The summed E-state index contributed by atoms with van der Waals surface area (Å²) in [6, 6.07) is 5.55. The second kappa shape index (κ2) is 9.88. The third-order valence-corrected chi connectivity index (χ3v) is 2.91. The summed E-state index contributed by atoms with van der Waals surface area (Å²) >= 11 is 0. The highest BCUT2D eigenvalue weighted by atomic mass is 16.5. The number of hydrogen-bond acceptors (Lipinski definition) is 5. The lowest BCUT2D eigenvalue weighted by Crippen LogP contribution is -2.26. The number of methoxy groups -OCH3 is 3. The van der Waals surface area contributed by atoms with Gasteiger partial charge in [-0.1, -0.05) is 0 Å². The molecule has 118 valence electrons. The first kappa shape index (κ1) is 17.1. The van der Waals surface area contributed by atoms with E-state index in [1.165, 1.54) is 0 Å². The predicted octanol–water partition coefficient (Wildman–Crippen LogP) is 1.66. The van der Waals surface area contributed by atoms with E-state index in [0.717, 1.165) is 12.1 Å². The molecule has 0 atom stereocenters. The van der Waals surface area contributed by atoms with Crippen molar-refractivity contribution in [1.29, 1.82) is 0 Å². The van der Waals surface area contributed by atoms with Crippen LogP contribution in [-0.4, -0.2) is 46.9 Å². The van der Waals surface area contributed by atoms with Gasteiger partial charge in [0.2, 0.25) is 5.91 Å². The largest absolute Gasteiger partial charge is 0.493 e. The van der Waals surface area contributed by atoms with E-state index in [0.29, 0.717) is 37.6 Å². The summed E-state index contributed by atoms with van der Waals surface area (Å²) in [5.74, 6) is 1.37. The molecule has 0 fully saturated rings. The Bertz CT molecular complexity index is 438. The number of carbonyl (C=O) groups is 1. The minimum absolute atomic E-state index is 0.0269. The average Bonchev–Trinajstić information content (AvgIpc) is 2.51. The number of carbonyl (C=O) groups excluding carboxylic acids is 1. The molecule has 0 aliphatic carbocycles. The molecular weight excluding hydrogens is 272 g/mol. The first-order valence-electron chi connectivity index (χ1n) is 6.92. The molecule has 0 aliphatic heterocycles. The Labute approximate surface area is 125 Å². The van der Waals surface area contributed by atoms with E-state index >= 15 is 0 Å². The van der Waals surface area contributed by atoms with E-state index in [2.05, 4.69) is 10.6 Å². The number of anilines is 1. The van der Waals surface area contributed by atoms with Crippen LogP contribution in [0.3, 0.4) is 0 Å². The van der Waals surface area contributed by atoms with Crippen molar-refractivity contribution in [2.75, 3.05) is 46.3 Å². The van der Waals surface area contributed by atoms with Gasteiger partial charge in [-0.3, -0.25) is 4.79 Å². The number of hydrogen-bond donors (Lipinski definition) is 2. The molecule has 1 aromatic rings. The van der Waals surface area contributed by atoms with E-state index in [1.54, 1.807) is 21.3 Å². The second-order valence-corrected chi connectivity index (χ2v) is 4.44. The van der Waals surface area contributed by atoms with Crippen LogP contribution in [0.25, 0.3) is 0 Å². The van der Waals surface area contributed by atoms with Gasteiger partial charge in [0.25, 0.3) is 0 Å². The second-order valence-electron chi connectivity index (χ2n) is 4.44. The summed E-state index contributed by atoms with van der Waals surface area (Å²) < 4.78 is 15.3. The molecule has 0 spiro atoms. The lowest BCUT2D eigenvalue weighted by Gasteiger charge is -2.11. The summed E-state index contributed by atoms with van der Waals surface area (Å²) in [6.07, 6.45) is 1.24. The Morgan fingerprint density at radius 3 is 2.52 bits per heavy atom. The van der Waals surface area contributed by atoms with Gasteiger partial charge in [-0.25, -0.2) is 0 Å². The molecule has 6 heteroatoms. The topological polar surface area (TPSA) is 68.8 Å². The zero-order valence-electron chi connectivity index (χ0n) is 12.9. The molecule has 21 heavy (non-hydrogen) atoms. The highest BCUT2D eigenvalue weighted by molar-refractivity contribution is 5.76. The van der Waals surface area contributed by atoms with Crippen molar-refractivity contribution in [2.24, 2.45) is 0 Å². The predicted molar refractivity (Wildman–Crippen MR) is 82.2 cm³/mol. The van der Waals surface area contributed by atoms with Gasteiger partial charge < -0.3 is 24.8 Å². The van der Waals surface area contributed by atoms with Gasteiger partial charge >= 0.3 is 0 Å². The van der Waals surface area contributed by atoms with Gasteiger partial charge in [-0.15, -0.1) is 0 Å². The van der Waals surface area contributed by atoms with Crippen LogP contribution < -0.4 is 20.1 Å². The lowest BCUT2D eigenvalue weighted by atomic mass is 10.2. The zero-order valence-corrected chi connectivity index (χ0v) is 12.9. The van der Waals surface area contributed by atoms with Crippen LogP contribution in [0.4, 0.5) is 5.69 Å². The fourth-order valence-electron chi connectivity index (χ4n) is 1.80. The molecule has 1 amide bonds. The van der Waals surface area contributed by atoms with E-state index in [1.807, 2.05) is 18.2 Å². The molecular formula is C15H24N2O4. The van der Waals surface area contributed by atoms with Crippen LogP contribution in [0.1, 0.15) is 12.8 Å². The van der Waals surface area contributed by atoms with Crippen LogP contribution in [0.5, 0.6) is 11.5 Å². The third-order valence-electron chi connectivity index (χ3n) is 2.91. The van der Waals surface area contributed by atoms with E-state index in [-0.39, 0.29) is 5.91 Å². The molecule has 0 heterocycles. The van der Waals surface area contributed by atoms with Gasteiger partial charge in [-0.05, 0) is 18.6 Å². The quantitative estimate of drug-likeness (QED) is 0.643. The number of nitrogens with one attached hydrogen (secondary N) is 2. The minimum atomic E-state index is 0.0269. The molecule has 0 aromatic heterocycles. The number of ether oxygens (including phenoxy) is 3. The summed E-state index contributed by atoms with van der Waals surface area (Å²) in [7, 11) is 4.84. The Morgan fingerprint density at radius 2 is 1.86 bits per heavy atom. The fourth-order valence-corrected chi connectivity index (χ4v) is 1.80. The van der Waals surface area contributed by atoms with Crippen molar-refractivity contribution in [3.05, 3.63) is 18.2 Å². The first-order valence-corrected chi connectivity index (χ1v) is 6.92. The van der Waals surface area contributed by atoms with Crippen molar-refractivity contribution in [3.63, 3.8) is 0 Å². The molecule has 0 bridgehead atoms. The van der Waals surface area contributed by atoms with Crippen LogP contribution >= 0.6 is 0 Å². The van der Waals surface area contributed by atoms with Crippen LogP contribution in [-0.2, 0) is 9.53 Å². The Balaban J connectivity index is 2.30. The number of amides is 1. The monoisotopic (exact) mass is 296 g/mol. The normalized spacial score (nSPS) is 10.0. The SMILES string of the molecule is COCCCNC(=O)CCNc1ccc(OC)c(OC)c1. The highest BCUT2D eigenvalue weighted by Crippen LogP contribution is 2.29. The van der Waals surface area contributed by atoms with Crippen molar-refractivity contribution < 1.29 is 19.0 Å². The molecule has 0 unspecified atom stereocenters. The number of benzene rings is 1. The van der Waals surface area contributed by atoms with Crippen molar-refractivity contribution in [1.82, 2.24) is 5.32 Å². The summed E-state index contributed by atoms with van der Waals surface area (Å²) in [5, 5.41) is 6.02. The number of rotatable bonds is 10. The van der Waals surface area contributed by atoms with Gasteiger partial charge in [0.15, 0.2) is 11.5 Å². The lowest BCUT2D eigenvalue weighted by molar-refractivity contribution is -0.120. The van der Waals surface area contributed by atoms with Crippen LogP contribution in [0.2, 0.25) is 0 Å². The molecule has 0 aliphatic rings. The molecule has 1 aromatic carbocycles. The van der Waals surface area contributed by atoms with E-state index < -0.39 is 0 Å². The summed E-state index contributed by atoms with van der Waals surface area (Å²) in [5.41, 5.74) is 0.889. The Morgan fingerprint density at radius 1 is 1.10 bits per heavy atom. The van der Waals surface area contributed by atoms with Crippen molar-refractivity contribution in [3.8, 4) is 11.5 Å². The van der Waals surface area contributed by atoms with Gasteiger partial charge in [0.1, 0.15) is 0 Å². The standard InChI is InChI=1S/C15H24N2O4/c1-19-10-4-8-17-15(18)7-9-16-12-5-6-13(20-2)14(11-12)21-3/h5-6,11,16H,4,7-10H2,1-3H3,(H,17,18). The maximum atomic E-state index is 11.6. The molecule has 2 N–H and O–H groups in total. The van der Waals surface area contributed by atoms with E-state index in [9.17, 15) is 4.79 Å². The third kappa shape index (κ3) is 6.35. The molecule has 0 saturated carbocycles. The van der Waals surface area contributed by atoms with Gasteiger partial charge in [0, 0.05) is 45.0 Å². The van der Waals surface area contributed by atoms with Crippen LogP contribution in [0.15, 0.2) is 18.2 Å². The van der Waals surface area contributed by atoms with Gasteiger partial charge in [-0.2, -0.15) is 0 Å². The fraction of sp³-hybridized carbons (Fsp3) is 0.533. The molecule has 0 saturated heterocycles. The zero-order chi connectivity index (χ0) is 15.5. The smallest absolute Gasteiger partial charge is 0.221 e. The Hall–Kier alpha value is -1.95. The first-order chi connectivity index (χ1) is 10.2. The molecule has 0 radical (unpaired) electrons. The maximum Gasteiger partial charge on any atom is 0.221 e. The minimum Gasteiger partial charge on any atom is -0.493 e. The molecule has 6 nitrogen and oxygen atoms in total. The Kier molecular flexibility index (Phi) is 8.04. The van der Waals surface area contributed by atoms with Crippen LogP contribution in [0, 0.1) is 0 Å². The average molecular weight is 296 g/mol. The van der Waals surface area contributed by atoms with Crippen molar-refractivity contribution >= 4 is 11.6 Å². The maximum absolute atomic E-state index is 11.6. The van der Waals surface area contributed by atoms with Gasteiger partial charge in [0.05, 0.1) is 14.2 Å². The summed E-state index contributed by atoms with van der Waals surface area (Å²) in [6.45, 7) is 1.86.